The fourth-order valence-electron chi connectivity index (χ4n) is 3.23. The van der Waals surface area contributed by atoms with Gasteiger partial charge in [-0.2, -0.15) is 79.0 Å². The lowest BCUT2D eigenvalue weighted by molar-refractivity contribution is -0.473. The first-order valence-electron chi connectivity index (χ1n) is 9.53. The maximum atomic E-state index is 14.4. The second-order valence-electron chi connectivity index (χ2n) is 8.35. The highest BCUT2D eigenvalue weighted by molar-refractivity contribution is 5.93. The summed E-state index contributed by atoms with van der Waals surface area (Å²) in [6.45, 7) is 2.16. The van der Waals surface area contributed by atoms with Gasteiger partial charge in [-0.3, -0.25) is 4.79 Å². The van der Waals surface area contributed by atoms with Crippen LogP contribution >= 0.6 is 0 Å². The summed E-state index contributed by atoms with van der Waals surface area (Å²) in [4.78, 5) is 23.2. The van der Waals surface area contributed by atoms with Gasteiger partial charge in [0.2, 0.25) is 12.3 Å². The molecule has 2 saturated carbocycles. The van der Waals surface area contributed by atoms with E-state index in [1.165, 1.54) is 0 Å². The lowest BCUT2D eigenvalue weighted by atomic mass is 9.80. The zero-order valence-electron chi connectivity index (χ0n) is 18.3. The van der Waals surface area contributed by atoms with Crippen LogP contribution in [0.4, 0.5) is 87.8 Å². The molecular weight excluding hydrogens is 648 g/mol. The molecule has 4 atom stereocenters. The monoisotopic (exact) mass is 654 g/mol. The van der Waals surface area contributed by atoms with E-state index in [2.05, 4.69) is 16.1 Å². The molecule has 2 aliphatic rings. The van der Waals surface area contributed by atoms with E-state index in [-0.39, 0.29) is 0 Å². The van der Waals surface area contributed by atoms with Crippen LogP contribution in [0.1, 0.15) is 6.42 Å². The van der Waals surface area contributed by atoms with Crippen molar-refractivity contribution >= 4 is 11.9 Å². The van der Waals surface area contributed by atoms with Crippen LogP contribution in [0.3, 0.4) is 0 Å². The standard InChI is InChI=1S/C17H6F20O4/c1-3(5(39)41-11(25)7(19)9(22,23)13(28,29)17(36,37)15(11,32)33)2-4(38)40-10(24)6(18)8(20,21)12(26,27)16(34,35)14(10,30)31/h6-7H,1-2H2. The molecule has 0 N–H and O–H groups in total. The summed E-state index contributed by atoms with van der Waals surface area (Å²) >= 11 is 0. The highest BCUT2D eigenvalue weighted by Crippen LogP contribution is 2.66. The number of halogens is 20. The summed E-state index contributed by atoms with van der Waals surface area (Å²) < 4.78 is 276. The Kier molecular flexibility index (Phi) is 7.28. The number of ether oxygens (including phenoxy) is 2. The van der Waals surface area contributed by atoms with Crippen LogP contribution in [0, 0.1) is 0 Å². The van der Waals surface area contributed by atoms with Gasteiger partial charge in [-0.15, -0.1) is 0 Å². The summed E-state index contributed by atoms with van der Waals surface area (Å²) in [5, 5.41) is 0. The van der Waals surface area contributed by atoms with E-state index < -0.39 is 95.4 Å². The van der Waals surface area contributed by atoms with E-state index in [1.54, 1.807) is 0 Å². The molecule has 0 aliphatic heterocycles. The molecule has 0 aromatic heterocycles. The zero-order valence-corrected chi connectivity index (χ0v) is 18.3. The largest absolute Gasteiger partial charge is 0.419 e. The molecule has 0 radical (unpaired) electrons. The number of rotatable bonds is 5. The fourth-order valence-corrected chi connectivity index (χ4v) is 3.23. The number of hydrogen-bond donors (Lipinski definition) is 0. The molecule has 0 amide bonds. The van der Waals surface area contributed by atoms with E-state index >= 15 is 0 Å². The molecule has 41 heavy (non-hydrogen) atoms. The summed E-state index contributed by atoms with van der Waals surface area (Å²) in [5.74, 6) is -79.0. The predicted molar refractivity (Wildman–Crippen MR) is 83.0 cm³/mol. The van der Waals surface area contributed by atoms with Gasteiger partial charge in [0.1, 0.15) is 0 Å². The van der Waals surface area contributed by atoms with Crippen LogP contribution in [0.2, 0.25) is 0 Å². The Bertz CT molecular complexity index is 1130. The third kappa shape index (κ3) is 3.75. The van der Waals surface area contributed by atoms with Crippen LogP contribution in [0.25, 0.3) is 0 Å². The van der Waals surface area contributed by atoms with Gasteiger partial charge < -0.3 is 9.47 Å². The molecule has 0 heterocycles. The van der Waals surface area contributed by atoms with Crippen molar-refractivity contribution < 1.29 is 107 Å². The van der Waals surface area contributed by atoms with E-state index in [1.807, 2.05) is 0 Å². The summed E-state index contributed by atoms with van der Waals surface area (Å²) in [6, 6.07) is 0. The molecule has 4 unspecified atom stereocenters. The topological polar surface area (TPSA) is 52.6 Å². The number of esters is 2. The minimum Gasteiger partial charge on any atom is -0.419 e. The van der Waals surface area contributed by atoms with Crippen molar-refractivity contribution in [2.24, 2.45) is 0 Å². The van der Waals surface area contributed by atoms with Gasteiger partial charge in [-0.05, 0) is 0 Å². The molecule has 4 nitrogen and oxygen atoms in total. The zero-order chi connectivity index (χ0) is 33.0. The maximum Gasteiger partial charge on any atom is 0.387 e. The highest BCUT2D eigenvalue weighted by Gasteiger charge is 2.98. The Balaban J connectivity index is 2.37. The van der Waals surface area contributed by atoms with Gasteiger partial charge in [-0.25, -0.2) is 13.6 Å². The molecule has 24 heteroatoms. The molecule has 0 aromatic carbocycles. The average Bonchev–Trinajstić information content (AvgIpc) is 2.80. The lowest BCUT2D eigenvalue weighted by Gasteiger charge is -2.49. The van der Waals surface area contributed by atoms with Crippen LogP contribution in [-0.4, -0.2) is 83.4 Å². The van der Waals surface area contributed by atoms with E-state index in [0.717, 1.165) is 0 Å². The number of carbonyl (C=O) groups is 2. The first-order chi connectivity index (χ1) is 17.7. The van der Waals surface area contributed by atoms with Gasteiger partial charge in [0.25, 0.3) is 0 Å². The predicted octanol–water partition coefficient (Wildman–Crippen LogP) is 6.14. The third-order valence-corrected chi connectivity index (χ3v) is 5.71. The highest BCUT2D eigenvalue weighted by atomic mass is 19.4. The van der Waals surface area contributed by atoms with Gasteiger partial charge in [-0.1, -0.05) is 6.58 Å². The molecule has 2 aliphatic carbocycles. The normalized spacial score (nSPS) is 37.0. The van der Waals surface area contributed by atoms with Gasteiger partial charge in [0.15, 0.2) is 0 Å². The van der Waals surface area contributed by atoms with Gasteiger partial charge in [0, 0.05) is 5.57 Å². The molecular formula is C17H6F20O4. The molecule has 0 aromatic rings. The van der Waals surface area contributed by atoms with Crippen molar-refractivity contribution in [1.29, 1.82) is 0 Å². The van der Waals surface area contributed by atoms with Crippen molar-refractivity contribution in [3.05, 3.63) is 12.2 Å². The van der Waals surface area contributed by atoms with E-state index in [9.17, 15) is 97.4 Å². The Morgan fingerprint density at radius 1 is 0.512 bits per heavy atom. The Labute approximate surface area is 210 Å². The molecule has 238 valence electrons. The summed E-state index contributed by atoms with van der Waals surface area (Å²) in [5.41, 5.74) is -2.33. The van der Waals surface area contributed by atoms with Crippen LogP contribution < -0.4 is 0 Å². The number of alkyl halides is 20. The minimum atomic E-state index is -7.57. The SMILES string of the molecule is C=C(CC(=O)OC1(F)C(F)C(F)(F)C(F)(F)C(F)(F)C1(F)F)C(=O)OC1(F)C(F)C(F)(F)C(F)(F)C(F)(F)C1(F)F. The lowest BCUT2D eigenvalue weighted by Crippen LogP contribution is -2.80. The van der Waals surface area contributed by atoms with E-state index in [0.29, 0.717) is 0 Å². The third-order valence-electron chi connectivity index (χ3n) is 5.71. The second kappa shape index (κ2) is 8.66. The van der Waals surface area contributed by atoms with Crippen molar-refractivity contribution in [3.63, 3.8) is 0 Å². The van der Waals surface area contributed by atoms with Crippen molar-refractivity contribution in [2.45, 2.75) is 77.9 Å². The second-order valence-corrected chi connectivity index (χ2v) is 8.35. The van der Waals surface area contributed by atoms with Crippen LogP contribution in [0.15, 0.2) is 12.2 Å². The quantitative estimate of drug-likeness (QED) is 0.203. The average molecular weight is 654 g/mol. The van der Waals surface area contributed by atoms with Gasteiger partial charge >= 0.3 is 71.0 Å². The summed E-state index contributed by atoms with van der Waals surface area (Å²) in [7, 11) is 0. The minimum absolute atomic E-state index is 2.16. The van der Waals surface area contributed by atoms with Crippen molar-refractivity contribution in [1.82, 2.24) is 0 Å². The molecule has 0 saturated heterocycles. The smallest absolute Gasteiger partial charge is 0.387 e. The van der Waals surface area contributed by atoms with Gasteiger partial charge in [0.05, 0.1) is 6.42 Å². The first-order valence-corrected chi connectivity index (χ1v) is 9.53. The van der Waals surface area contributed by atoms with Crippen LogP contribution in [0.5, 0.6) is 0 Å². The van der Waals surface area contributed by atoms with Crippen LogP contribution in [-0.2, 0) is 19.1 Å². The Hall–Kier alpha value is -2.72. The van der Waals surface area contributed by atoms with E-state index in [4.69, 9.17) is 0 Å². The molecule has 2 rings (SSSR count). The maximum absolute atomic E-state index is 14.4. The Morgan fingerprint density at radius 2 is 0.805 bits per heavy atom. The molecule has 0 spiro atoms. The first kappa shape index (κ1) is 34.5. The Morgan fingerprint density at radius 3 is 1.12 bits per heavy atom. The number of carbonyl (C=O) groups excluding carboxylic acids is 2. The summed E-state index contributed by atoms with van der Waals surface area (Å²) in [6.07, 6.45) is -14.4. The fraction of sp³-hybridized carbons (Fsp3) is 0.765. The molecule has 0 bridgehead atoms. The van der Waals surface area contributed by atoms with Crippen molar-refractivity contribution in [3.8, 4) is 0 Å². The molecule has 2 fully saturated rings. The number of hydrogen-bond acceptors (Lipinski definition) is 4. The van der Waals surface area contributed by atoms with Crippen molar-refractivity contribution in [2.75, 3.05) is 0 Å².